The van der Waals surface area contributed by atoms with Crippen LogP contribution in [-0.4, -0.2) is 20.5 Å². The van der Waals surface area contributed by atoms with Crippen LogP contribution in [0.5, 0.6) is 0 Å². The summed E-state index contributed by atoms with van der Waals surface area (Å²) >= 11 is 0. The SMILES string of the molecule is Cc1c(C(=O)c2cccc3ccncc23)cnn1C. The maximum Gasteiger partial charge on any atom is 0.197 e. The maximum absolute atomic E-state index is 12.6. The summed E-state index contributed by atoms with van der Waals surface area (Å²) in [5.41, 5.74) is 2.17. The van der Waals surface area contributed by atoms with E-state index in [1.165, 1.54) is 0 Å². The fraction of sp³-hybridized carbons (Fsp3) is 0.133. The predicted molar refractivity (Wildman–Crippen MR) is 73.1 cm³/mol. The van der Waals surface area contributed by atoms with Crippen molar-refractivity contribution in [2.75, 3.05) is 0 Å². The van der Waals surface area contributed by atoms with Gasteiger partial charge in [0, 0.05) is 36.1 Å². The number of carbonyl (C=O) groups is 1. The van der Waals surface area contributed by atoms with Crippen molar-refractivity contribution < 1.29 is 4.79 Å². The summed E-state index contributed by atoms with van der Waals surface area (Å²) in [5.74, 6) is -0.01000. The average molecular weight is 251 g/mol. The molecule has 0 unspecified atom stereocenters. The first kappa shape index (κ1) is 11.6. The molecular formula is C15H13N3O. The number of benzene rings is 1. The predicted octanol–water partition coefficient (Wildman–Crippen LogP) is 2.51. The second-order valence-corrected chi connectivity index (χ2v) is 4.50. The van der Waals surface area contributed by atoms with Crippen LogP contribution >= 0.6 is 0 Å². The highest BCUT2D eigenvalue weighted by Crippen LogP contribution is 2.21. The lowest BCUT2D eigenvalue weighted by Crippen LogP contribution is -2.04. The molecule has 0 amide bonds. The van der Waals surface area contributed by atoms with Crippen LogP contribution in [0.1, 0.15) is 21.6 Å². The van der Waals surface area contributed by atoms with Crippen LogP contribution in [0.15, 0.2) is 42.9 Å². The van der Waals surface area contributed by atoms with E-state index < -0.39 is 0 Å². The van der Waals surface area contributed by atoms with E-state index in [1.54, 1.807) is 23.3 Å². The number of ketones is 1. The Kier molecular flexibility index (Phi) is 2.63. The van der Waals surface area contributed by atoms with E-state index in [4.69, 9.17) is 0 Å². The zero-order valence-electron chi connectivity index (χ0n) is 10.8. The molecule has 0 N–H and O–H groups in total. The Morgan fingerprint density at radius 2 is 2.00 bits per heavy atom. The Bertz CT molecular complexity index is 769. The number of carbonyl (C=O) groups excluding carboxylic acids is 1. The van der Waals surface area contributed by atoms with Crippen molar-refractivity contribution in [1.82, 2.24) is 14.8 Å². The van der Waals surface area contributed by atoms with Gasteiger partial charge in [0.25, 0.3) is 0 Å². The molecule has 3 rings (SSSR count). The number of fused-ring (bicyclic) bond motifs is 1. The smallest absolute Gasteiger partial charge is 0.197 e. The van der Waals surface area contributed by atoms with Crippen molar-refractivity contribution in [3.63, 3.8) is 0 Å². The number of aromatic nitrogens is 3. The van der Waals surface area contributed by atoms with Crippen molar-refractivity contribution in [3.05, 3.63) is 59.7 Å². The van der Waals surface area contributed by atoms with Gasteiger partial charge in [-0.05, 0) is 18.4 Å². The number of aryl methyl sites for hydroxylation is 1. The van der Waals surface area contributed by atoms with Crippen molar-refractivity contribution >= 4 is 16.6 Å². The van der Waals surface area contributed by atoms with Gasteiger partial charge in [-0.15, -0.1) is 0 Å². The third-order valence-corrected chi connectivity index (χ3v) is 3.41. The molecule has 0 aliphatic rings. The van der Waals surface area contributed by atoms with Gasteiger partial charge in [0.2, 0.25) is 0 Å². The largest absolute Gasteiger partial charge is 0.288 e. The van der Waals surface area contributed by atoms with Gasteiger partial charge in [0.05, 0.1) is 11.8 Å². The van der Waals surface area contributed by atoms with Gasteiger partial charge in [-0.2, -0.15) is 5.10 Å². The molecule has 0 aliphatic carbocycles. The van der Waals surface area contributed by atoms with E-state index in [1.807, 2.05) is 38.2 Å². The molecule has 94 valence electrons. The third kappa shape index (κ3) is 1.81. The summed E-state index contributed by atoms with van der Waals surface area (Å²) in [6.07, 6.45) is 5.08. The topological polar surface area (TPSA) is 47.8 Å². The van der Waals surface area contributed by atoms with Gasteiger partial charge in [-0.3, -0.25) is 14.5 Å². The Balaban J connectivity index is 2.20. The van der Waals surface area contributed by atoms with Crippen LogP contribution in [-0.2, 0) is 7.05 Å². The molecule has 0 aliphatic heterocycles. The van der Waals surface area contributed by atoms with Crippen molar-refractivity contribution in [2.24, 2.45) is 7.05 Å². The minimum absolute atomic E-state index is 0.01000. The molecule has 4 nitrogen and oxygen atoms in total. The van der Waals surface area contributed by atoms with Crippen molar-refractivity contribution in [1.29, 1.82) is 0 Å². The number of pyridine rings is 1. The molecule has 0 saturated carbocycles. The average Bonchev–Trinajstić information content (AvgIpc) is 2.78. The molecule has 0 radical (unpaired) electrons. The number of hydrogen-bond acceptors (Lipinski definition) is 3. The third-order valence-electron chi connectivity index (χ3n) is 3.41. The standard InChI is InChI=1S/C15H13N3O/c1-10-13(9-17-18(10)2)15(19)12-5-3-4-11-6-7-16-8-14(11)12/h3-9H,1-2H3. The summed E-state index contributed by atoms with van der Waals surface area (Å²) in [6.45, 7) is 1.89. The van der Waals surface area contributed by atoms with E-state index in [-0.39, 0.29) is 5.78 Å². The maximum atomic E-state index is 12.6. The number of rotatable bonds is 2. The Hall–Kier alpha value is -2.49. The van der Waals surface area contributed by atoms with Crippen molar-refractivity contribution in [3.8, 4) is 0 Å². The van der Waals surface area contributed by atoms with Crippen LogP contribution in [0.4, 0.5) is 0 Å². The molecule has 3 aromatic rings. The Morgan fingerprint density at radius 3 is 2.74 bits per heavy atom. The van der Waals surface area contributed by atoms with Crippen LogP contribution < -0.4 is 0 Å². The van der Waals surface area contributed by atoms with Gasteiger partial charge < -0.3 is 0 Å². The number of nitrogens with zero attached hydrogens (tertiary/aromatic N) is 3. The van der Waals surface area contributed by atoms with E-state index >= 15 is 0 Å². The fourth-order valence-electron chi connectivity index (χ4n) is 2.18. The van der Waals surface area contributed by atoms with Crippen LogP contribution in [0, 0.1) is 6.92 Å². The molecule has 0 fully saturated rings. The van der Waals surface area contributed by atoms with Crippen LogP contribution in [0.2, 0.25) is 0 Å². The molecule has 2 aromatic heterocycles. The first-order chi connectivity index (χ1) is 9.18. The monoisotopic (exact) mass is 251 g/mol. The minimum atomic E-state index is -0.01000. The van der Waals surface area contributed by atoms with E-state index in [2.05, 4.69) is 10.1 Å². The van der Waals surface area contributed by atoms with E-state index in [0.717, 1.165) is 16.5 Å². The van der Waals surface area contributed by atoms with Gasteiger partial charge in [-0.25, -0.2) is 0 Å². The van der Waals surface area contributed by atoms with E-state index in [0.29, 0.717) is 11.1 Å². The highest BCUT2D eigenvalue weighted by molar-refractivity contribution is 6.16. The first-order valence-corrected chi connectivity index (χ1v) is 6.04. The molecule has 0 saturated heterocycles. The fourth-order valence-corrected chi connectivity index (χ4v) is 2.18. The molecule has 0 bridgehead atoms. The van der Waals surface area contributed by atoms with Gasteiger partial charge in [-0.1, -0.05) is 18.2 Å². The lowest BCUT2D eigenvalue weighted by atomic mass is 9.99. The summed E-state index contributed by atoms with van der Waals surface area (Å²) < 4.78 is 1.70. The molecule has 0 spiro atoms. The highest BCUT2D eigenvalue weighted by Gasteiger charge is 2.17. The summed E-state index contributed by atoms with van der Waals surface area (Å²) in [7, 11) is 1.83. The lowest BCUT2D eigenvalue weighted by molar-refractivity contribution is 0.103. The number of hydrogen-bond donors (Lipinski definition) is 0. The summed E-state index contributed by atoms with van der Waals surface area (Å²) in [5, 5.41) is 6.01. The normalized spacial score (nSPS) is 10.8. The first-order valence-electron chi connectivity index (χ1n) is 6.04. The zero-order chi connectivity index (χ0) is 13.4. The summed E-state index contributed by atoms with van der Waals surface area (Å²) in [6, 6.07) is 7.60. The van der Waals surface area contributed by atoms with Crippen molar-refractivity contribution in [2.45, 2.75) is 6.92 Å². The van der Waals surface area contributed by atoms with Gasteiger partial charge in [0.15, 0.2) is 5.78 Å². The minimum Gasteiger partial charge on any atom is -0.288 e. The second kappa shape index (κ2) is 4.31. The highest BCUT2D eigenvalue weighted by atomic mass is 16.1. The van der Waals surface area contributed by atoms with E-state index in [9.17, 15) is 4.79 Å². The quantitative estimate of drug-likeness (QED) is 0.657. The van der Waals surface area contributed by atoms with Crippen LogP contribution in [0.25, 0.3) is 10.8 Å². The lowest BCUT2D eigenvalue weighted by Gasteiger charge is -2.05. The Labute approximate surface area is 110 Å². The molecular weight excluding hydrogens is 238 g/mol. The molecule has 1 aromatic carbocycles. The Morgan fingerprint density at radius 1 is 1.16 bits per heavy atom. The summed E-state index contributed by atoms with van der Waals surface area (Å²) in [4.78, 5) is 16.7. The van der Waals surface area contributed by atoms with Gasteiger partial charge in [0.1, 0.15) is 0 Å². The molecule has 2 heterocycles. The molecule has 0 atom stereocenters. The van der Waals surface area contributed by atoms with Gasteiger partial charge >= 0.3 is 0 Å². The second-order valence-electron chi connectivity index (χ2n) is 4.50. The molecule has 4 heteroatoms. The molecule has 19 heavy (non-hydrogen) atoms. The van der Waals surface area contributed by atoms with Crippen LogP contribution in [0.3, 0.4) is 0 Å². The zero-order valence-corrected chi connectivity index (χ0v) is 10.8.